The number of nitrogens with one attached hydrogen (secondary N) is 1. The third kappa shape index (κ3) is 7.92. The lowest BCUT2D eigenvalue weighted by Gasteiger charge is -2.19. The van der Waals surface area contributed by atoms with Gasteiger partial charge < -0.3 is 0 Å². The van der Waals surface area contributed by atoms with Crippen LogP contribution in [-0.2, 0) is 4.84 Å². The predicted molar refractivity (Wildman–Crippen MR) is 43.7 cm³/mol. The first-order valence-electron chi connectivity index (χ1n) is 3.80. The molecule has 0 bridgehead atoms. The van der Waals surface area contributed by atoms with Crippen LogP contribution in [0.15, 0.2) is 0 Å². The molecule has 10 heavy (non-hydrogen) atoms. The van der Waals surface area contributed by atoms with E-state index in [4.69, 9.17) is 4.84 Å². The number of hydrogen-bond acceptors (Lipinski definition) is 2. The zero-order valence-corrected chi connectivity index (χ0v) is 7.69. The van der Waals surface area contributed by atoms with Crippen molar-refractivity contribution in [1.29, 1.82) is 0 Å². The molecular formula is C8H19NO. The van der Waals surface area contributed by atoms with Gasteiger partial charge in [0.25, 0.3) is 0 Å². The summed E-state index contributed by atoms with van der Waals surface area (Å²) in [5, 5.41) is 0. The Hall–Kier alpha value is -0.0800. The maximum absolute atomic E-state index is 5.17. The normalized spacial score (nSPS) is 12.6. The van der Waals surface area contributed by atoms with Gasteiger partial charge in [0.2, 0.25) is 0 Å². The highest BCUT2D eigenvalue weighted by Crippen LogP contribution is 2.10. The van der Waals surface area contributed by atoms with Crippen LogP contribution < -0.4 is 5.48 Å². The molecule has 0 aliphatic heterocycles. The molecule has 2 nitrogen and oxygen atoms in total. The highest BCUT2D eigenvalue weighted by atomic mass is 16.7. The second kappa shape index (κ2) is 3.94. The fourth-order valence-corrected chi connectivity index (χ4v) is 0.425. The fraction of sp³-hybridized carbons (Fsp3) is 1.00. The van der Waals surface area contributed by atoms with E-state index in [1.54, 1.807) is 0 Å². The Bertz CT molecular complexity index is 83.7. The molecular weight excluding hydrogens is 126 g/mol. The van der Waals surface area contributed by atoms with Gasteiger partial charge in [0.15, 0.2) is 0 Å². The smallest absolute Gasteiger partial charge is 0.0734 e. The van der Waals surface area contributed by atoms with Gasteiger partial charge in [-0.3, -0.25) is 4.84 Å². The third-order valence-electron chi connectivity index (χ3n) is 0.922. The molecule has 0 rings (SSSR count). The minimum Gasteiger partial charge on any atom is -0.299 e. The molecule has 0 atom stereocenters. The maximum Gasteiger partial charge on any atom is 0.0734 e. The molecule has 0 aromatic heterocycles. The number of hydrogen-bond donors (Lipinski definition) is 1. The van der Waals surface area contributed by atoms with E-state index in [1.165, 1.54) is 0 Å². The van der Waals surface area contributed by atoms with E-state index in [2.05, 4.69) is 26.3 Å². The molecule has 0 heterocycles. The minimum atomic E-state index is 0.266. The molecule has 0 unspecified atom stereocenters. The first-order valence-corrected chi connectivity index (χ1v) is 3.80. The Labute approximate surface area is 63.9 Å². The SMILES string of the molecule is CC(C)ONCC(C)(C)C. The highest BCUT2D eigenvalue weighted by molar-refractivity contribution is 4.61. The lowest BCUT2D eigenvalue weighted by atomic mass is 9.98. The molecule has 0 radical (unpaired) electrons. The monoisotopic (exact) mass is 145 g/mol. The number of rotatable bonds is 3. The van der Waals surface area contributed by atoms with E-state index in [1.807, 2.05) is 13.8 Å². The van der Waals surface area contributed by atoms with Crippen molar-refractivity contribution in [1.82, 2.24) is 5.48 Å². The van der Waals surface area contributed by atoms with Gasteiger partial charge in [0.1, 0.15) is 0 Å². The van der Waals surface area contributed by atoms with Gasteiger partial charge in [-0.25, -0.2) is 5.48 Å². The van der Waals surface area contributed by atoms with Crippen LogP contribution in [0.25, 0.3) is 0 Å². The summed E-state index contributed by atoms with van der Waals surface area (Å²) >= 11 is 0. The van der Waals surface area contributed by atoms with E-state index in [9.17, 15) is 0 Å². The van der Waals surface area contributed by atoms with Crippen LogP contribution in [0, 0.1) is 5.41 Å². The Balaban J connectivity index is 3.21. The maximum atomic E-state index is 5.17. The molecule has 0 aliphatic rings. The van der Waals surface area contributed by atoms with E-state index < -0.39 is 0 Å². The quantitative estimate of drug-likeness (QED) is 0.613. The van der Waals surface area contributed by atoms with Gasteiger partial charge in [-0.05, 0) is 19.3 Å². The first-order chi connectivity index (χ1) is 4.42. The van der Waals surface area contributed by atoms with Crippen molar-refractivity contribution in [2.45, 2.75) is 40.7 Å². The van der Waals surface area contributed by atoms with E-state index in [0.29, 0.717) is 5.41 Å². The van der Waals surface area contributed by atoms with Crippen molar-refractivity contribution in [2.75, 3.05) is 6.54 Å². The Morgan fingerprint density at radius 1 is 1.30 bits per heavy atom. The van der Waals surface area contributed by atoms with Crippen LogP contribution in [0.2, 0.25) is 0 Å². The largest absolute Gasteiger partial charge is 0.299 e. The lowest BCUT2D eigenvalue weighted by Crippen LogP contribution is -2.29. The van der Waals surface area contributed by atoms with E-state index in [0.717, 1.165) is 6.54 Å². The molecule has 0 saturated heterocycles. The standard InChI is InChI=1S/C8H19NO/c1-7(2)10-9-6-8(3,4)5/h7,9H,6H2,1-5H3. The van der Waals surface area contributed by atoms with Gasteiger partial charge in [0, 0.05) is 6.54 Å². The molecule has 62 valence electrons. The summed E-state index contributed by atoms with van der Waals surface area (Å²) in [6, 6.07) is 0. The predicted octanol–water partition coefficient (Wildman–Crippen LogP) is 1.96. The lowest BCUT2D eigenvalue weighted by molar-refractivity contribution is -0.0179. The second-order valence-corrected chi connectivity index (χ2v) is 4.05. The van der Waals surface area contributed by atoms with Crippen molar-refractivity contribution < 1.29 is 4.84 Å². The average molecular weight is 145 g/mol. The Kier molecular flexibility index (Phi) is 3.91. The molecule has 0 spiro atoms. The molecule has 1 N–H and O–H groups in total. The minimum absolute atomic E-state index is 0.266. The summed E-state index contributed by atoms with van der Waals surface area (Å²) in [4.78, 5) is 5.17. The van der Waals surface area contributed by atoms with Gasteiger partial charge in [-0.1, -0.05) is 20.8 Å². The summed E-state index contributed by atoms with van der Waals surface area (Å²) in [6.07, 6.45) is 0.266. The fourth-order valence-electron chi connectivity index (χ4n) is 0.425. The van der Waals surface area contributed by atoms with Crippen LogP contribution in [0.1, 0.15) is 34.6 Å². The Morgan fingerprint density at radius 3 is 2.10 bits per heavy atom. The van der Waals surface area contributed by atoms with Gasteiger partial charge >= 0.3 is 0 Å². The van der Waals surface area contributed by atoms with Gasteiger partial charge in [0.05, 0.1) is 6.10 Å². The Morgan fingerprint density at radius 2 is 1.80 bits per heavy atom. The molecule has 0 aromatic carbocycles. The van der Waals surface area contributed by atoms with E-state index >= 15 is 0 Å². The number of hydroxylamine groups is 1. The van der Waals surface area contributed by atoms with Crippen LogP contribution >= 0.6 is 0 Å². The molecule has 0 aliphatic carbocycles. The van der Waals surface area contributed by atoms with Crippen LogP contribution in [0.3, 0.4) is 0 Å². The summed E-state index contributed by atoms with van der Waals surface area (Å²) in [7, 11) is 0. The molecule has 0 amide bonds. The van der Waals surface area contributed by atoms with Crippen LogP contribution in [0.4, 0.5) is 0 Å². The van der Waals surface area contributed by atoms with Gasteiger partial charge in [-0.2, -0.15) is 0 Å². The highest BCUT2D eigenvalue weighted by Gasteiger charge is 2.09. The van der Waals surface area contributed by atoms with Crippen molar-refractivity contribution in [3.63, 3.8) is 0 Å². The average Bonchev–Trinajstić information content (AvgIpc) is 1.59. The molecule has 0 fully saturated rings. The van der Waals surface area contributed by atoms with Crippen molar-refractivity contribution >= 4 is 0 Å². The van der Waals surface area contributed by atoms with Crippen molar-refractivity contribution in [2.24, 2.45) is 5.41 Å². The summed E-state index contributed by atoms with van der Waals surface area (Å²) < 4.78 is 0. The molecule has 0 saturated carbocycles. The molecule has 0 aromatic rings. The third-order valence-corrected chi connectivity index (χ3v) is 0.922. The summed E-state index contributed by atoms with van der Waals surface area (Å²) in [5.74, 6) is 0. The van der Waals surface area contributed by atoms with E-state index in [-0.39, 0.29) is 6.10 Å². The summed E-state index contributed by atoms with van der Waals surface area (Å²) in [5.41, 5.74) is 3.23. The molecule has 2 heteroatoms. The van der Waals surface area contributed by atoms with Crippen LogP contribution in [-0.4, -0.2) is 12.6 Å². The first kappa shape index (κ1) is 9.92. The topological polar surface area (TPSA) is 21.3 Å². The second-order valence-electron chi connectivity index (χ2n) is 4.05. The van der Waals surface area contributed by atoms with Gasteiger partial charge in [-0.15, -0.1) is 0 Å². The zero-order valence-electron chi connectivity index (χ0n) is 7.69. The summed E-state index contributed by atoms with van der Waals surface area (Å²) in [6.45, 7) is 11.4. The van der Waals surface area contributed by atoms with Crippen molar-refractivity contribution in [3.05, 3.63) is 0 Å². The zero-order chi connectivity index (χ0) is 8.20. The van der Waals surface area contributed by atoms with Crippen LogP contribution in [0.5, 0.6) is 0 Å². The van der Waals surface area contributed by atoms with Crippen molar-refractivity contribution in [3.8, 4) is 0 Å².